The first-order valence-electron chi connectivity index (χ1n) is 6.10. The van der Waals surface area contributed by atoms with E-state index in [4.69, 9.17) is 0 Å². The number of nitrogens with zero attached hydrogens (tertiary/aromatic N) is 2. The fraction of sp³-hybridized carbons (Fsp3) is 0.286. The van der Waals surface area contributed by atoms with Crippen molar-refractivity contribution in [1.29, 1.82) is 0 Å². The van der Waals surface area contributed by atoms with Crippen LogP contribution in [0.25, 0.3) is 0 Å². The first kappa shape index (κ1) is 13.8. The summed E-state index contributed by atoms with van der Waals surface area (Å²) in [4.78, 5) is 11.9. The van der Waals surface area contributed by atoms with Gasteiger partial charge in [-0.1, -0.05) is 18.2 Å². The molecule has 1 aromatic carbocycles. The quantitative estimate of drug-likeness (QED) is 0.939. The summed E-state index contributed by atoms with van der Waals surface area (Å²) < 4.78 is 2.66. The van der Waals surface area contributed by atoms with Gasteiger partial charge >= 0.3 is 0 Å². The van der Waals surface area contributed by atoms with Gasteiger partial charge in [-0.2, -0.15) is 5.10 Å². The molecule has 2 aromatic rings. The van der Waals surface area contributed by atoms with E-state index in [2.05, 4.69) is 26.3 Å². The molecule has 0 saturated carbocycles. The van der Waals surface area contributed by atoms with Crippen LogP contribution in [0.4, 0.5) is 5.69 Å². The molecule has 0 aliphatic carbocycles. The second kappa shape index (κ2) is 6.02. The number of hydrogen-bond donors (Lipinski definition) is 1. The van der Waals surface area contributed by atoms with Crippen molar-refractivity contribution in [3.8, 4) is 0 Å². The molecular formula is C14H16BrN3O. The van der Waals surface area contributed by atoms with Crippen molar-refractivity contribution in [3.05, 3.63) is 46.2 Å². The average molecular weight is 322 g/mol. The van der Waals surface area contributed by atoms with E-state index >= 15 is 0 Å². The normalized spacial score (nSPS) is 10.5. The third kappa shape index (κ3) is 3.67. The highest BCUT2D eigenvalue weighted by Crippen LogP contribution is 2.19. The van der Waals surface area contributed by atoms with Crippen LogP contribution in [0.1, 0.15) is 17.5 Å². The number of anilines is 1. The van der Waals surface area contributed by atoms with Gasteiger partial charge in [0, 0.05) is 24.8 Å². The summed E-state index contributed by atoms with van der Waals surface area (Å²) in [5.41, 5.74) is 3.07. The van der Waals surface area contributed by atoms with Crippen molar-refractivity contribution in [2.24, 2.45) is 0 Å². The number of halogens is 1. The van der Waals surface area contributed by atoms with Crippen molar-refractivity contribution in [1.82, 2.24) is 9.78 Å². The standard InChI is InChI=1S/C14H16BrN3O/c1-10-4-3-5-11(2)14(10)17-13(19)6-7-18-9-12(15)8-16-18/h3-5,8-9H,6-7H2,1-2H3,(H,17,19). The lowest BCUT2D eigenvalue weighted by atomic mass is 10.1. The van der Waals surface area contributed by atoms with Gasteiger partial charge in [0.15, 0.2) is 0 Å². The third-order valence-electron chi connectivity index (χ3n) is 2.92. The fourth-order valence-electron chi connectivity index (χ4n) is 1.89. The smallest absolute Gasteiger partial charge is 0.226 e. The van der Waals surface area contributed by atoms with E-state index in [0.717, 1.165) is 21.3 Å². The van der Waals surface area contributed by atoms with Crippen LogP contribution < -0.4 is 5.32 Å². The zero-order chi connectivity index (χ0) is 13.8. The predicted molar refractivity (Wildman–Crippen MR) is 79.1 cm³/mol. The number of aromatic nitrogens is 2. The van der Waals surface area contributed by atoms with Gasteiger partial charge in [-0.05, 0) is 40.9 Å². The molecule has 0 spiro atoms. The Morgan fingerprint density at radius 2 is 2.05 bits per heavy atom. The van der Waals surface area contributed by atoms with E-state index in [1.165, 1.54) is 0 Å². The highest BCUT2D eigenvalue weighted by atomic mass is 79.9. The molecule has 4 nitrogen and oxygen atoms in total. The Morgan fingerprint density at radius 1 is 1.37 bits per heavy atom. The maximum atomic E-state index is 11.9. The van der Waals surface area contributed by atoms with Crippen molar-refractivity contribution in [2.75, 3.05) is 5.32 Å². The molecule has 0 unspecified atom stereocenters. The van der Waals surface area contributed by atoms with E-state index in [0.29, 0.717) is 13.0 Å². The summed E-state index contributed by atoms with van der Waals surface area (Å²) >= 11 is 3.33. The van der Waals surface area contributed by atoms with Gasteiger partial charge < -0.3 is 5.32 Å². The van der Waals surface area contributed by atoms with E-state index < -0.39 is 0 Å². The highest BCUT2D eigenvalue weighted by molar-refractivity contribution is 9.10. The predicted octanol–water partition coefficient (Wildman–Crippen LogP) is 3.29. The lowest BCUT2D eigenvalue weighted by Crippen LogP contribution is -2.16. The number of nitrogens with one attached hydrogen (secondary N) is 1. The Kier molecular flexibility index (Phi) is 4.37. The Labute approximate surface area is 120 Å². The minimum atomic E-state index is 0.00372. The Bertz CT molecular complexity index is 572. The summed E-state index contributed by atoms with van der Waals surface area (Å²) in [6, 6.07) is 5.97. The Morgan fingerprint density at radius 3 is 2.63 bits per heavy atom. The van der Waals surface area contributed by atoms with Crippen LogP contribution in [0.5, 0.6) is 0 Å². The molecule has 0 saturated heterocycles. The summed E-state index contributed by atoms with van der Waals surface area (Å²) in [7, 11) is 0. The number of para-hydroxylation sites is 1. The lowest BCUT2D eigenvalue weighted by Gasteiger charge is -2.11. The molecule has 100 valence electrons. The van der Waals surface area contributed by atoms with E-state index in [9.17, 15) is 4.79 Å². The van der Waals surface area contributed by atoms with Crippen LogP contribution in [-0.2, 0) is 11.3 Å². The van der Waals surface area contributed by atoms with Crippen molar-refractivity contribution in [3.63, 3.8) is 0 Å². The zero-order valence-electron chi connectivity index (χ0n) is 11.0. The number of amides is 1. The minimum Gasteiger partial charge on any atom is -0.326 e. The van der Waals surface area contributed by atoms with E-state index in [1.54, 1.807) is 10.9 Å². The molecule has 1 N–H and O–H groups in total. The van der Waals surface area contributed by atoms with Gasteiger partial charge in [-0.25, -0.2) is 0 Å². The SMILES string of the molecule is Cc1cccc(C)c1NC(=O)CCn1cc(Br)cn1. The van der Waals surface area contributed by atoms with Gasteiger partial charge in [0.1, 0.15) is 0 Å². The van der Waals surface area contributed by atoms with Gasteiger partial charge in [0.05, 0.1) is 10.7 Å². The van der Waals surface area contributed by atoms with Gasteiger partial charge in [-0.15, -0.1) is 0 Å². The van der Waals surface area contributed by atoms with Crippen LogP contribution in [0.15, 0.2) is 35.1 Å². The van der Waals surface area contributed by atoms with Crippen LogP contribution in [-0.4, -0.2) is 15.7 Å². The molecule has 0 aliphatic heterocycles. The maximum Gasteiger partial charge on any atom is 0.226 e. The van der Waals surface area contributed by atoms with Crippen LogP contribution in [0.2, 0.25) is 0 Å². The number of carbonyl (C=O) groups excluding carboxylic acids is 1. The van der Waals surface area contributed by atoms with E-state index in [1.807, 2.05) is 38.2 Å². The summed E-state index contributed by atoms with van der Waals surface area (Å²) in [5.74, 6) is 0.00372. The lowest BCUT2D eigenvalue weighted by molar-refractivity contribution is -0.116. The fourth-order valence-corrected chi connectivity index (χ4v) is 2.22. The average Bonchev–Trinajstić information content (AvgIpc) is 2.77. The zero-order valence-corrected chi connectivity index (χ0v) is 12.6. The van der Waals surface area contributed by atoms with Gasteiger partial charge in [0.25, 0.3) is 0 Å². The molecule has 0 aliphatic rings. The second-order valence-electron chi connectivity index (χ2n) is 4.49. The molecular weight excluding hydrogens is 306 g/mol. The van der Waals surface area contributed by atoms with Crippen LogP contribution in [0.3, 0.4) is 0 Å². The molecule has 5 heteroatoms. The summed E-state index contributed by atoms with van der Waals surface area (Å²) in [6.07, 6.45) is 3.97. The topological polar surface area (TPSA) is 46.9 Å². The second-order valence-corrected chi connectivity index (χ2v) is 5.40. The van der Waals surface area contributed by atoms with Gasteiger partial charge in [-0.3, -0.25) is 9.48 Å². The number of aryl methyl sites for hydroxylation is 3. The summed E-state index contributed by atoms with van der Waals surface area (Å²) in [6.45, 7) is 4.56. The molecule has 2 rings (SSSR count). The van der Waals surface area contributed by atoms with Crippen molar-refractivity contribution >= 4 is 27.5 Å². The number of carbonyl (C=O) groups is 1. The summed E-state index contributed by atoms with van der Waals surface area (Å²) in [5, 5.41) is 7.08. The largest absolute Gasteiger partial charge is 0.326 e. The number of benzene rings is 1. The van der Waals surface area contributed by atoms with Gasteiger partial charge in [0.2, 0.25) is 5.91 Å². The Balaban J connectivity index is 1.94. The third-order valence-corrected chi connectivity index (χ3v) is 3.32. The molecule has 0 fully saturated rings. The first-order valence-corrected chi connectivity index (χ1v) is 6.89. The molecule has 1 aromatic heterocycles. The number of hydrogen-bond acceptors (Lipinski definition) is 2. The molecule has 19 heavy (non-hydrogen) atoms. The van der Waals surface area contributed by atoms with Crippen molar-refractivity contribution < 1.29 is 4.79 Å². The molecule has 0 atom stereocenters. The molecule has 0 bridgehead atoms. The number of rotatable bonds is 4. The maximum absolute atomic E-state index is 11.9. The first-order chi connectivity index (χ1) is 9.06. The molecule has 1 amide bonds. The van der Waals surface area contributed by atoms with Crippen LogP contribution >= 0.6 is 15.9 Å². The highest BCUT2D eigenvalue weighted by Gasteiger charge is 2.07. The van der Waals surface area contributed by atoms with Crippen molar-refractivity contribution in [2.45, 2.75) is 26.8 Å². The molecule has 0 radical (unpaired) electrons. The minimum absolute atomic E-state index is 0.00372. The monoisotopic (exact) mass is 321 g/mol. The Hall–Kier alpha value is -1.62. The molecule has 1 heterocycles. The van der Waals surface area contributed by atoms with Crippen LogP contribution in [0, 0.1) is 13.8 Å². The van der Waals surface area contributed by atoms with E-state index in [-0.39, 0.29) is 5.91 Å².